The Balaban J connectivity index is 1.91. The van der Waals surface area contributed by atoms with Crippen LogP contribution < -0.4 is 15.8 Å². The SMILES string of the molecule is C#C[C@H](C)Oc1cnc(C(=O)Nc2ccc(F)c([C@@]3(C)N=C(N)S[C@](C)(CF)C3C)c2)c(C)c1. The number of aliphatic imine (C=N–C) groups is 1. The van der Waals surface area contributed by atoms with E-state index in [1.807, 2.05) is 6.92 Å². The van der Waals surface area contributed by atoms with Gasteiger partial charge in [0, 0.05) is 17.2 Å². The van der Waals surface area contributed by atoms with E-state index in [1.54, 1.807) is 33.8 Å². The van der Waals surface area contributed by atoms with Crippen LogP contribution in [-0.2, 0) is 5.54 Å². The number of amides is 1. The Hall–Kier alpha value is -3.12. The molecule has 0 radical (unpaired) electrons. The fraction of sp³-hybridized carbons (Fsp3) is 0.400. The first-order valence-corrected chi connectivity index (χ1v) is 11.6. The van der Waals surface area contributed by atoms with Gasteiger partial charge in [0.25, 0.3) is 5.91 Å². The maximum Gasteiger partial charge on any atom is 0.274 e. The number of terminal acetylenes is 1. The Morgan fingerprint density at radius 1 is 1.41 bits per heavy atom. The van der Waals surface area contributed by atoms with Crippen LogP contribution in [0.1, 0.15) is 49.3 Å². The van der Waals surface area contributed by atoms with E-state index in [4.69, 9.17) is 16.9 Å². The van der Waals surface area contributed by atoms with Crippen LogP contribution in [0.25, 0.3) is 0 Å². The van der Waals surface area contributed by atoms with Crippen LogP contribution in [0.4, 0.5) is 14.5 Å². The van der Waals surface area contributed by atoms with Gasteiger partial charge >= 0.3 is 0 Å². The summed E-state index contributed by atoms with van der Waals surface area (Å²) < 4.78 is 33.6. The predicted molar refractivity (Wildman–Crippen MR) is 132 cm³/mol. The number of benzene rings is 1. The van der Waals surface area contributed by atoms with Gasteiger partial charge in [-0.15, -0.1) is 6.42 Å². The summed E-state index contributed by atoms with van der Waals surface area (Å²) in [5, 5.41) is 2.95. The molecule has 1 aromatic carbocycles. The zero-order valence-corrected chi connectivity index (χ0v) is 20.6. The Kier molecular flexibility index (Phi) is 7.22. The average molecular weight is 487 g/mol. The normalized spacial score (nSPS) is 25.1. The van der Waals surface area contributed by atoms with E-state index in [0.717, 1.165) is 11.8 Å². The first kappa shape index (κ1) is 25.5. The topological polar surface area (TPSA) is 89.6 Å². The minimum absolute atomic E-state index is 0.188. The van der Waals surface area contributed by atoms with Crippen LogP contribution >= 0.6 is 11.8 Å². The summed E-state index contributed by atoms with van der Waals surface area (Å²) in [4.78, 5) is 21.6. The maximum absolute atomic E-state index is 15.0. The number of alkyl halides is 1. The molecule has 0 bridgehead atoms. The van der Waals surface area contributed by atoms with Gasteiger partial charge in [-0.05, 0) is 57.5 Å². The van der Waals surface area contributed by atoms with E-state index >= 15 is 0 Å². The number of hydrogen-bond donors (Lipinski definition) is 2. The molecule has 1 aliphatic rings. The van der Waals surface area contributed by atoms with E-state index in [9.17, 15) is 13.6 Å². The highest BCUT2D eigenvalue weighted by molar-refractivity contribution is 8.15. The van der Waals surface area contributed by atoms with Crippen molar-refractivity contribution in [3.63, 3.8) is 0 Å². The summed E-state index contributed by atoms with van der Waals surface area (Å²) in [6.45, 7) is 8.10. The smallest absolute Gasteiger partial charge is 0.274 e. The number of amidine groups is 1. The molecule has 4 atom stereocenters. The lowest BCUT2D eigenvalue weighted by molar-refractivity contribution is 0.102. The number of hydrogen-bond acceptors (Lipinski definition) is 6. The second kappa shape index (κ2) is 9.63. The van der Waals surface area contributed by atoms with Crippen molar-refractivity contribution < 1.29 is 18.3 Å². The van der Waals surface area contributed by atoms with E-state index in [-0.39, 0.29) is 22.3 Å². The molecule has 1 unspecified atom stereocenters. The number of carbonyl (C=O) groups is 1. The number of ether oxygens (including phenoxy) is 1. The first-order valence-electron chi connectivity index (χ1n) is 10.7. The number of thioether (sulfide) groups is 1. The van der Waals surface area contributed by atoms with Gasteiger partial charge in [0.15, 0.2) is 11.3 Å². The number of carbonyl (C=O) groups excluding carboxylic acids is 1. The summed E-state index contributed by atoms with van der Waals surface area (Å²) in [6.07, 6.45) is 6.31. The molecule has 1 aliphatic heterocycles. The number of pyridine rings is 1. The highest BCUT2D eigenvalue weighted by Crippen LogP contribution is 2.50. The summed E-state index contributed by atoms with van der Waals surface area (Å²) in [6, 6.07) is 5.88. The third-order valence-corrected chi connectivity index (χ3v) is 7.52. The number of rotatable bonds is 6. The van der Waals surface area contributed by atoms with E-state index < -0.39 is 34.8 Å². The van der Waals surface area contributed by atoms with Gasteiger partial charge in [0.1, 0.15) is 23.9 Å². The Morgan fingerprint density at radius 2 is 2.12 bits per heavy atom. The number of aromatic nitrogens is 1. The van der Waals surface area contributed by atoms with Gasteiger partial charge in [-0.25, -0.2) is 13.8 Å². The van der Waals surface area contributed by atoms with Gasteiger partial charge in [-0.2, -0.15) is 0 Å². The minimum atomic E-state index is -1.12. The lowest BCUT2D eigenvalue weighted by Crippen LogP contribution is -2.49. The number of aryl methyl sites for hydroxylation is 1. The molecule has 2 heterocycles. The monoisotopic (exact) mass is 486 g/mol. The molecule has 3 N–H and O–H groups in total. The lowest BCUT2D eigenvalue weighted by Gasteiger charge is -2.46. The van der Waals surface area contributed by atoms with Crippen molar-refractivity contribution in [1.29, 1.82) is 0 Å². The van der Waals surface area contributed by atoms with Crippen LogP contribution in [0.2, 0.25) is 0 Å². The molecule has 34 heavy (non-hydrogen) atoms. The predicted octanol–water partition coefficient (Wildman–Crippen LogP) is 4.82. The van der Waals surface area contributed by atoms with E-state index in [1.165, 1.54) is 24.4 Å². The highest BCUT2D eigenvalue weighted by atomic mass is 32.2. The van der Waals surface area contributed by atoms with E-state index in [0.29, 0.717) is 17.0 Å². The van der Waals surface area contributed by atoms with Crippen LogP contribution in [0, 0.1) is 31.0 Å². The van der Waals surface area contributed by atoms with Crippen molar-refractivity contribution in [3.8, 4) is 18.1 Å². The fourth-order valence-corrected chi connectivity index (χ4v) is 5.15. The summed E-state index contributed by atoms with van der Waals surface area (Å²) in [5.74, 6) is 1.53. The Bertz CT molecular complexity index is 1180. The van der Waals surface area contributed by atoms with Crippen molar-refractivity contribution >= 4 is 28.5 Å². The van der Waals surface area contributed by atoms with Gasteiger partial charge < -0.3 is 15.8 Å². The lowest BCUT2D eigenvalue weighted by atomic mass is 9.74. The number of nitrogens with one attached hydrogen (secondary N) is 1. The van der Waals surface area contributed by atoms with Gasteiger partial charge in [-0.3, -0.25) is 9.79 Å². The van der Waals surface area contributed by atoms with Crippen molar-refractivity contribution in [2.45, 2.75) is 51.0 Å². The number of nitrogens with two attached hydrogens (primary N) is 1. The van der Waals surface area contributed by atoms with Gasteiger partial charge in [-0.1, -0.05) is 24.6 Å². The first-order chi connectivity index (χ1) is 15.9. The molecule has 0 aliphatic carbocycles. The van der Waals surface area contributed by atoms with Gasteiger partial charge in [0.05, 0.1) is 16.5 Å². The quantitative estimate of drug-likeness (QED) is 0.572. The Labute approximate surface area is 202 Å². The number of nitrogens with zero attached hydrogens (tertiary/aromatic N) is 2. The third kappa shape index (κ3) is 4.87. The van der Waals surface area contributed by atoms with Crippen LogP contribution in [-0.4, -0.2) is 33.6 Å². The molecule has 2 aromatic rings. The molecule has 3 rings (SSSR count). The van der Waals surface area contributed by atoms with Crippen molar-refractivity contribution in [2.75, 3.05) is 12.0 Å². The zero-order chi connectivity index (χ0) is 25.3. The molecule has 0 saturated carbocycles. The van der Waals surface area contributed by atoms with Crippen LogP contribution in [0.5, 0.6) is 5.75 Å². The molecule has 1 amide bonds. The number of anilines is 1. The molecular weight excluding hydrogens is 458 g/mol. The Morgan fingerprint density at radius 3 is 2.74 bits per heavy atom. The summed E-state index contributed by atoms with van der Waals surface area (Å²) in [5.41, 5.74) is 6.22. The second-order valence-electron chi connectivity index (χ2n) is 8.78. The summed E-state index contributed by atoms with van der Waals surface area (Å²) in [7, 11) is 0. The minimum Gasteiger partial charge on any atom is -0.476 e. The average Bonchev–Trinajstić information content (AvgIpc) is 2.78. The van der Waals surface area contributed by atoms with Crippen molar-refractivity contribution in [3.05, 3.63) is 53.1 Å². The molecular formula is C25H28F2N4O2S. The van der Waals surface area contributed by atoms with Crippen molar-refractivity contribution in [2.24, 2.45) is 16.6 Å². The van der Waals surface area contributed by atoms with Crippen molar-refractivity contribution in [1.82, 2.24) is 4.98 Å². The largest absolute Gasteiger partial charge is 0.476 e. The molecule has 9 heteroatoms. The molecule has 6 nitrogen and oxygen atoms in total. The van der Waals surface area contributed by atoms with Crippen LogP contribution in [0.3, 0.4) is 0 Å². The number of halogens is 2. The molecule has 0 saturated heterocycles. The standard InChI is InChI=1S/C25H28F2N4O2S/c1-7-15(3)33-18-10-14(2)21(29-12-18)22(32)30-17-8-9-20(27)19(11-17)25(6)16(4)24(5,13-26)34-23(28)31-25/h1,8-12,15-16H,13H2,2-6H3,(H2,28,31)(H,30,32)/t15-,16?,24+,25-/m0/s1. The molecule has 0 spiro atoms. The fourth-order valence-electron chi connectivity index (χ4n) is 3.98. The highest BCUT2D eigenvalue weighted by Gasteiger charge is 2.50. The molecule has 0 fully saturated rings. The van der Waals surface area contributed by atoms with Gasteiger partial charge in [0.2, 0.25) is 0 Å². The second-order valence-corrected chi connectivity index (χ2v) is 10.3. The van der Waals surface area contributed by atoms with Crippen LogP contribution in [0.15, 0.2) is 35.5 Å². The van der Waals surface area contributed by atoms with E-state index in [2.05, 4.69) is 21.2 Å². The summed E-state index contributed by atoms with van der Waals surface area (Å²) >= 11 is 1.15. The zero-order valence-electron chi connectivity index (χ0n) is 19.8. The maximum atomic E-state index is 15.0. The molecule has 180 valence electrons. The third-order valence-electron chi connectivity index (χ3n) is 6.29. The molecule has 1 aromatic heterocycles.